The largest absolute Gasteiger partial charge is 0.497 e. The molecule has 3 nitrogen and oxygen atoms in total. The molecule has 0 bridgehead atoms. The summed E-state index contributed by atoms with van der Waals surface area (Å²) in [5.74, 6) is 0.809. The minimum Gasteiger partial charge on any atom is -0.497 e. The Morgan fingerprint density at radius 1 is 0.957 bits per heavy atom. The Balaban J connectivity index is 1.64. The summed E-state index contributed by atoms with van der Waals surface area (Å²) in [5, 5.41) is 5.06. The molecule has 0 atom stereocenters. The molecule has 1 amide bonds. The Morgan fingerprint density at radius 3 is 2.48 bits per heavy atom. The van der Waals surface area contributed by atoms with Crippen molar-refractivity contribution in [1.82, 2.24) is 5.32 Å². The van der Waals surface area contributed by atoms with Crippen LogP contribution in [0.5, 0.6) is 5.75 Å². The van der Waals surface area contributed by atoms with Gasteiger partial charge in [-0.2, -0.15) is 0 Å². The first-order valence-corrected chi connectivity index (χ1v) is 7.67. The lowest BCUT2D eigenvalue weighted by Crippen LogP contribution is -2.25. The van der Waals surface area contributed by atoms with Crippen LogP contribution in [0.1, 0.15) is 15.9 Å². The lowest BCUT2D eigenvalue weighted by atomic mass is 10.0. The topological polar surface area (TPSA) is 38.3 Å². The molecular formula is C20H19NO2. The fraction of sp³-hybridized carbons (Fsp3) is 0.150. The van der Waals surface area contributed by atoms with E-state index in [1.807, 2.05) is 66.7 Å². The maximum absolute atomic E-state index is 12.4. The maximum atomic E-state index is 12.4. The van der Waals surface area contributed by atoms with Crippen molar-refractivity contribution in [1.29, 1.82) is 0 Å². The summed E-state index contributed by atoms with van der Waals surface area (Å²) in [7, 11) is 1.65. The zero-order valence-corrected chi connectivity index (χ0v) is 13.1. The molecule has 0 saturated heterocycles. The molecule has 0 aliphatic rings. The predicted octanol–water partition coefficient (Wildman–Crippen LogP) is 3.82. The van der Waals surface area contributed by atoms with E-state index in [9.17, 15) is 4.79 Å². The molecule has 0 saturated carbocycles. The minimum absolute atomic E-state index is 0.0321. The van der Waals surface area contributed by atoms with Gasteiger partial charge in [0.2, 0.25) is 0 Å². The standard InChI is InChI=1S/C20H19NO2/c1-23-17-11-9-15(10-12-17)13-14-21-20(22)19-8-4-6-16-5-2-3-7-18(16)19/h2-12H,13-14H2,1H3,(H,21,22). The molecule has 0 aliphatic carbocycles. The van der Waals surface area contributed by atoms with Crippen LogP contribution in [0.4, 0.5) is 0 Å². The van der Waals surface area contributed by atoms with E-state index in [0.717, 1.165) is 28.5 Å². The van der Waals surface area contributed by atoms with E-state index in [1.165, 1.54) is 5.56 Å². The number of ether oxygens (including phenoxy) is 1. The quantitative estimate of drug-likeness (QED) is 0.778. The Morgan fingerprint density at radius 2 is 1.70 bits per heavy atom. The highest BCUT2D eigenvalue weighted by atomic mass is 16.5. The summed E-state index contributed by atoms with van der Waals surface area (Å²) in [6, 6.07) is 21.6. The zero-order valence-electron chi connectivity index (χ0n) is 13.1. The van der Waals surface area contributed by atoms with Crippen LogP contribution in [0.3, 0.4) is 0 Å². The molecule has 0 spiro atoms. The van der Waals surface area contributed by atoms with Crippen LogP contribution in [0.2, 0.25) is 0 Å². The van der Waals surface area contributed by atoms with Crippen molar-refractivity contribution in [2.75, 3.05) is 13.7 Å². The molecular weight excluding hydrogens is 286 g/mol. The number of carbonyl (C=O) groups is 1. The molecule has 0 aromatic heterocycles. The van der Waals surface area contributed by atoms with Crippen molar-refractivity contribution >= 4 is 16.7 Å². The molecule has 0 radical (unpaired) electrons. The van der Waals surface area contributed by atoms with Gasteiger partial charge in [0.05, 0.1) is 7.11 Å². The van der Waals surface area contributed by atoms with Crippen LogP contribution in [0, 0.1) is 0 Å². The number of methoxy groups -OCH3 is 1. The Bertz CT molecular complexity index is 804. The van der Waals surface area contributed by atoms with Crippen molar-refractivity contribution in [3.8, 4) is 5.75 Å². The molecule has 23 heavy (non-hydrogen) atoms. The predicted molar refractivity (Wildman–Crippen MR) is 93.0 cm³/mol. The highest BCUT2D eigenvalue weighted by molar-refractivity contribution is 6.06. The molecule has 0 fully saturated rings. The van der Waals surface area contributed by atoms with Gasteiger partial charge in [-0.25, -0.2) is 0 Å². The molecule has 0 heterocycles. The summed E-state index contributed by atoms with van der Waals surface area (Å²) in [4.78, 5) is 12.4. The zero-order chi connectivity index (χ0) is 16.1. The van der Waals surface area contributed by atoms with Crippen molar-refractivity contribution in [3.63, 3.8) is 0 Å². The van der Waals surface area contributed by atoms with Gasteiger partial charge in [0.25, 0.3) is 5.91 Å². The summed E-state index contributed by atoms with van der Waals surface area (Å²) in [6.07, 6.45) is 0.792. The van der Waals surface area contributed by atoms with Gasteiger partial charge in [0.1, 0.15) is 5.75 Å². The van der Waals surface area contributed by atoms with E-state index in [-0.39, 0.29) is 5.91 Å². The number of fused-ring (bicyclic) bond motifs is 1. The monoisotopic (exact) mass is 305 g/mol. The second-order valence-corrected chi connectivity index (χ2v) is 5.38. The van der Waals surface area contributed by atoms with Gasteiger partial charge in [0.15, 0.2) is 0 Å². The number of carbonyl (C=O) groups excluding carboxylic acids is 1. The van der Waals surface area contributed by atoms with Crippen LogP contribution < -0.4 is 10.1 Å². The average molecular weight is 305 g/mol. The number of hydrogen-bond acceptors (Lipinski definition) is 2. The van der Waals surface area contributed by atoms with E-state index in [0.29, 0.717) is 6.54 Å². The minimum atomic E-state index is -0.0321. The normalized spacial score (nSPS) is 10.5. The van der Waals surface area contributed by atoms with E-state index < -0.39 is 0 Å². The third-order valence-corrected chi connectivity index (χ3v) is 3.89. The van der Waals surface area contributed by atoms with Gasteiger partial charge in [0, 0.05) is 12.1 Å². The fourth-order valence-electron chi connectivity index (χ4n) is 2.63. The number of nitrogens with one attached hydrogen (secondary N) is 1. The van der Waals surface area contributed by atoms with Crippen molar-refractivity contribution < 1.29 is 9.53 Å². The van der Waals surface area contributed by atoms with Crippen LogP contribution in [-0.2, 0) is 6.42 Å². The Hall–Kier alpha value is -2.81. The molecule has 1 N–H and O–H groups in total. The fourth-order valence-corrected chi connectivity index (χ4v) is 2.63. The van der Waals surface area contributed by atoms with Gasteiger partial charge in [-0.1, -0.05) is 48.5 Å². The molecule has 3 heteroatoms. The van der Waals surface area contributed by atoms with Crippen LogP contribution >= 0.6 is 0 Å². The Kier molecular flexibility index (Phi) is 4.57. The molecule has 3 rings (SSSR count). The number of hydrogen-bond donors (Lipinski definition) is 1. The van der Waals surface area contributed by atoms with Crippen LogP contribution in [0.25, 0.3) is 10.8 Å². The summed E-state index contributed by atoms with van der Waals surface area (Å²) < 4.78 is 5.14. The van der Waals surface area contributed by atoms with Crippen molar-refractivity contribution in [3.05, 3.63) is 77.9 Å². The first kappa shape index (κ1) is 15.1. The second-order valence-electron chi connectivity index (χ2n) is 5.38. The van der Waals surface area contributed by atoms with Gasteiger partial charge in [-0.05, 0) is 41.0 Å². The van der Waals surface area contributed by atoms with E-state index in [1.54, 1.807) is 7.11 Å². The van der Waals surface area contributed by atoms with Crippen LogP contribution in [0.15, 0.2) is 66.7 Å². The van der Waals surface area contributed by atoms with Gasteiger partial charge in [-0.3, -0.25) is 4.79 Å². The summed E-state index contributed by atoms with van der Waals surface area (Å²) >= 11 is 0. The van der Waals surface area contributed by atoms with E-state index in [2.05, 4.69) is 5.32 Å². The highest BCUT2D eigenvalue weighted by Gasteiger charge is 2.08. The lowest BCUT2D eigenvalue weighted by molar-refractivity contribution is 0.0956. The molecule has 0 aliphatic heterocycles. The number of benzene rings is 3. The van der Waals surface area contributed by atoms with Gasteiger partial charge < -0.3 is 10.1 Å². The van der Waals surface area contributed by atoms with Crippen molar-refractivity contribution in [2.24, 2.45) is 0 Å². The maximum Gasteiger partial charge on any atom is 0.251 e. The second kappa shape index (κ2) is 6.97. The average Bonchev–Trinajstić information content (AvgIpc) is 2.61. The number of rotatable bonds is 5. The lowest BCUT2D eigenvalue weighted by Gasteiger charge is -2.08. The molecule has 0 unspecified atom stereocenters. The first-order chi connectivity index (χ1) is 11.3. The van der Waals surface area contributed by atoms with Crippen molar-refractivity contribution in [2.45, 2.75) is 6.42 Å². The number of amides is 1. The molecule has 116 valence electrons. The highest BCUT2D eigenvalue weighted by Crippen LogP contribution is 2.18. The first-order valence-electron chi connectivity index (χ1n) is 7.67. The third kappa shape index (κ3) is 3.51. The summed E-state index contributed by atoms with van der Waals surface area (Å²) in [6.45, 7) is 0.606. The van der Waals surface area contributed by atoms with E-state index >= 15 is 0 Å². The van der Waals surface area contributed by atoms with Gasteiger partial charge >= 0.3 is 0 Å². The third-order valence-electron chi connectivity index (χ3n) is 3.89. The van der Waals surface area contributed by atoms with Crippen LogP contribution in [-0.4, -0.2) is 19.6 Å². The smallest absolute Gasteiger partial charge is 0.251 e. The molecule has 3 aromatic carbocycles. The SMILES string of the molecule is COc1ccc(CCNC(=O)c2cccc3ccccc23)cc1. The summed E-state index contributed by atoms with van der Waals surface area (Å²) in [5.41, 5.74) is 1.89. The molecule has 3 aromatic rings. The van der Waals surface area contributed by atoms with Gasteiger partial charge in [-0.15, -0.1) is 0 Å². The Labute approximate surface area is 135 Å². The van der Waals surface area contributed by atoms with E-state index in [4.69, 9.17) is 4.74 Å².